The van der Waals surface area contributed by atoms with Crippen molar-refractivity contribution in [3.63, 3.8) is 0 Å². The van der Waals surface area contributed by atoms with Gasteiger partial charge in [-0.2, -0.15) is 0 Å². The van der Waals surface area contributed by atoms with Crippen molar-refractivity contribution in [2.45, 2.75) is 39.3 Å². The second-order valence-electron chi connectivity index (χ2n) is 6.68. The molecule has 0 saturated carbocycles. The van der Waals surface area contributed by atoms with Gasteiger partial charge in [0, 0.05) is 12.3 Å². The van der Waals surface area contributed by atoms with E-state index >= 15 is 0 Å². The maximum atomic E-state index is 12.1. The summed E-state index contributed by atoms with van der Waals surface area (Å²) in [6, 6.07) is 0. The molecule has 2 aliphatic heterocycles. The smallest absolute Gasteiger partial charge is 0.256 e. The van der Waals surface area contributed by atoms with Gasteiger partial charge in [-0.05, 0) is 32.9 Å². The van der Waals surface area contributed by atoms with Crippen molar-refractivity contribution in [3.05, 3.63) is 27.4 Å². The fraction of sp³-hybridized carbons (Fsp3) is 0.647. The third-order valence-corrected chi connectivity index (χ3v) is 4.86. The molecule has 2 aliphatic rings. The average molecular weight is 348 g/mol. The number of nitrogens with zero attached hydrogens (tertiary/aromatic N) is 2. The maximum Gasteiger partial charge on any atom is 0.256 e. The number of ether oxygens (including phenoxy) is 1. The molecule has 8 heteroatoms. The van der Waals surface area contributed by atoms with E-state index in [1.54, 1.807) is 6.92 Å². The van der Waals surface area contributed by atoms with E-state index < -0.39 is 0 Å². The Balaban J connectivity index is 1.49. The Morgan fingerprint density at radius 1 is 1.36 bits per heavy atom. The molecule has 0 aliphatic carbocycles. The molecule has 0 spiro atoms. The highest BCUT2D eigenvalue weighted by atomic mass is 16.5. The molecule has 1 amide bonds. The molecule has 0 atom stereocenters. The maximum absolute atomic E-state index is 12.1. The molecule has 0 bridgehead atoms. The summed E-state index contributed by atoms with van der Waals surface area (Å²) in [6.45, 7) is 4.49. The van der Waals surface area contributed by atoms with E-state index in [2.05, 4.69) is 20.2 Å². The van der Waals surface area contributed by atoms with Crippen LogP contribution in [0.2, 0.25) is 0 Å². The number of aromatic amines is 1. The molecule has 0 unspecified atom stereocenters. The molecule has 1 fully saturated rings. The molecule has 25 heavy (non-hydrogen) atoms. The quantitative estimate of drug-likeness (QED) is 0.761. The summed E-state index contributed by atoms with van der Waals surface area (Å²) in [5.74, 6) is 0.726. The van der Waals surface area contributed by atoms with Gasteiger partial charge in [0.1, 0.15) is 11.6 Å². The number of piperidine rings is 1. The normalized spacial score (nSPS) is 18.6. The predicted octanol–water partition coefficient (Wildman–Crippen LogP) is -0.240. The van der Waals surface area contributed by atoms with E-state index in [4.69, 9.17) is 4.74 Å². The zero-order valence-corrected chi connectivity index (χ0v) is 14.5. The average Bonchev–Trinajstić information content (AvgIpc) is 2.60. The lowest BCUT2D eigenvalue weighted by atomic mass is 9.93. The number of Topliss-reactive ketones (excluding diaryl/α,β-unsaturated/α-hetero) is 1. The van der Waals surface area contributed by atoms with Crippen molar-refractivity contribution in [2.24, 2.45) is 5.92 Å². The first-order chi connectivity index (χ1) is 12.0. The van der Waals surface area contributed by atoms with Gasteiger partial charge in [0.2, 0.25) is 5.91 Å². The molecule has 2 N–H and O–H groups in total. The number of likely N-dealkylation sites (tertiary alicyclic amines) is 1. The standard InChI is InChI=1S/C17H24N4O4/c1-11(22)12-2-5-21(6-3-12)9-16(23)18-8-15-19-14-4-7-25-10-13(14)17(24)20-15/h12H,2-10H2,1H3,(H,18,23)(H,19,20,24). The number of hydrogen-bond acceptors (Lipinski definition) is 6. The number of H-pyrrole nitrogens is 1. The number of carbonyl (C=O) groups is 2. The molecule has 0 radical (unpaired) electrons. The van der Waals surface area contributed by atoms with Crippen LogP contribution in [-0.4, -0.2) is 52.8 Å². The Kier molecular flexibility index (Phi) is 5.60. The summed E-state index contributed by atoms with van der Waals surface area (Å²) in [5.41, 5.74) is 1.14. The monoisotopic (exact) mass is 348 g/mol. The first-order valence-electron chi connectivity index (χ1n) is 8.71. The Morgan fingerprint density at radius 3 is 2.84 bits per heavy atom. The number of nitrogens with one attached hydrogen (secondary N) is 2. The largest absolute Gasteiger partial charge is 0.376 e. The minimum Gasteiger partial charge on any atom is -0.376 e. The van der Waals surface area contributed by atoms with Crippen LogP contribution >= 0.6 is 0 Å². The van der Waals surface area contributed by atoms with Gasteiger partial charge in [0.05, 0.1) is 37.6 Å². The van der Waals surface area contributed by atoms with Gasteiger partial charge in [0.25, 0.3) is 5.56 Å². The van der Waals surface area contributed by atoms with E-state index in [9.17, 15) is 14.4 Å². The number of rotatable bonds is 5. The first-order valence-corrected chi connectivity index (χ1v) is 8.71. The SMILES string of the molecule is CC(=O)C1CCN(CC(=O)NCc2nc3c(c(=O)[nH]2)COCC3)CC1. The first kappa shape index (κ1) is 17.8. The highest BCUT2D eigenvalue weighted by Gasteiger charge is 2.23. The van der Waals surface area contributed by atoms with E-state index in [1.807, 2.05) is 0 Å². The number of aromatic nitrogens is 2. The molecule has 0 aromatic carbocycles. The zero-order valence-electron chi connectivity index (χ0n) is 14.5. The molecular weight excluding hydrogens is 324 g/mol. The highest BCUT2D eigenvalue weighted by Crippen LogP contribution is 2.17. The summed E-state index contributed by atoms with van der Waals surface area (Å²) >= 11 is 0. The number of fused-ring (bicyclic) bond motifs is 1. The van der Waals surface area contributed by atoms with Gasteiger partial charge < -0.3 is 15.0 Å². The Hall–Kier alpha value is -2.06. The lowest BCUT2D eigenvalue weighted by Gasteiger charge is -2.30. The summed E-state index contributed by atoms with van der Waals surface area (Å²) in [7, 11) is 0. The van der Waals surface area contributed by atoms with Crippen LogP contribution in [0.3, 0.4) is 0 Å². The van der Waals surface area contributed by atoms with Crippen LogP contribution in [0.25, 0.3) is 0 Å². The molecule has 1 aromatic heterocycles. The molecule has 136 valence electrons. The van der Waals surface area contributed by atoms with Gasteiger partial charge in [0.15, 0.2) is 0 Å². The minimum atomic E-state index is -0.194. The summed E-state index contributed by atoms with van der Waals surface area (Å²) in [4.78, 5) is 44.7. The molecule has 1 saturated heterocycles. The summed E-state index contributed by atoms with van der Waals surface area (Å²) in [6.07, 6.45) is 2.24. The third-order valence-electron chi connectivity index (χ3n) is 4.86. The minimum absolute atomic E-state index is 0.107. The van der Waals surface area contributed by atoms with Crippen molar-refractivity contribution >= 4 is 11.7 Å². The fourth-order valence-electron chi connectivity index (χ4n) is 3.32. The van der Waals surface area contributed by atoms with E-state index in [-0.39, 0.29) is 29.7 Å². The van der Waals surface area contributed by atoms with Gasteiger partial charge in [-0.15, -0.1) is 0 Å². The zero-order chi connectivity index (χ0) is 17.8. The van der Waals surface area contributed by atoms with Crippen LogP contribution in [0.4, 0.5) is 0 Å². The van der Waals surface area contributed by atoms with Crippen LogP contribution in [0.5, 0.6) is 0 Å². The van der Waals surface area contributed by atoms with E-state index in [0.717, 1.165) is 31.6 Å². The van der Waals surface area contributed by atoms with Crippen LogP contribution in [0.1, 0.15) is 36.8 Å². The van der Waals surface area contributed by atoms with Crippen LogP contribution < -0.4 is 10.9 Å². The van der Waals surface area contributed by atoms with Crippen LogP contribution in [-0.2, 0) is 33.9 Å². The summed E-state index contributed by atoms with van der Waals surface area (Å²) < 4.78 is 5.27. The number of carbonyl (C=O) groups excluding carboxylic acids is 2. The molecule has 1 aromatic rings. The molecule has 3 heterocycles. The van der Waals surface area contributed by atoms with Crippen molar-refractivity contribution < 1.29 is 14.3 Å². The van der Waals surface area contributed by atoms with Crippen LogP contribution in [0.15, 0.2) is 4.79 Å². The van der Waals surface area contributed by atoms with Crippen molar-refractivity contribution in [1.29, 1.82) is 0 Å². The van der Waals surface area contributed by atoms with Crippen LogP contribution in [0, 0.1) is 5.92 Å². The third kappa shape index (κ3) is 4.52. The Labute approximate surface area is 146 Å². The van der Waals surface area contributed by atoms with Gasteiger partial charge in [-0.1, -0.05) is 0 Å². The second-order valence-corrected chi connectivity index (χ2v) is 6.68. The van der Waals surface area contributed by atoms with Crippen molar-refractivity contribution in [2.75, 3.05) is 26.2 Å². The number of amides is 1. The highest BCUT2D eigenvalue weighted by molar-refractivity contribution is 5.79. The van der Waals surface area contributed by atoms with Gasteiger partial charge in [-0.25, -0.2) is 4.98 Å². The van der Waals surface area contributed by atoms with Gasteiger partial charge in [-0.3, -0.25) is 19.3 Å². The Bertz CT molecular complexity index is 707. The fourth-order valence-corrected chi connectivity index (χ4v) is 3.32. The predicted molar refractivity (Wildman–Crippen MR) is 89.9 cm³/mol. The molecule has 3 rings (SSSR count). The summed E-state index contributed by atoms with van der Waals surface area (Å²) in [5, 5.41) is 2.80. The molecular formula is C17H24N4O4. The number of ketones is 1. The van der Waals surface area contributed by atoms with Crippen molar-refractivity contribution in [3.8, 4) is 0 Å². The van der Waals surface area contributed by atoms with E-state index in [0.29, 0.717) is 37.6 Å². The lowest BCUT2D eigenvalue weighted by molar-refractivity contribution is -0.123. The molecule has 8 nitrogen and oxygen atoms in total. The topological polar surface area (TPSA) is 104 Å². The lowest BCUT2D eigenvalue weighted by Crippen LogP contribution is -2.42. The van der Waals surface area contributed by atoms with Crippen molar-refractivity contribution in [1.82, 2.24) is 20.2 Å². The van der Waals surface area contributed by atoms with E-state index in [1.165, 1.54) is 0 Å². The second kappa shape index (κ2) is 7.88. The van der Waals surface area contributed by atoms with Gasteiger partial charge >= 0.3 is 0 Å². The number of hydrogen-bond donors (Lipinski definition) is 2. The Morgan fingerprint density at radius 2 is 2.12 bits per heavy atom.